The number of nitrogens with zero attached hydrogens (tertiary/aromatic N) is 5. The molecule has 14 atom stereocenters. The molecule has 3 aliphatic heterocycles. The molecule has 0 bridgehead atoms. The monoisotopic (exact) mass is 1860 g/mol. The van der Waals surface area contributed by atoms with E-state index in [2.05, 4.69) is 68.5 Å². The molecule has 714 valence electrons. The van der Waals surface area contributed by atoms with Crippen molar-refractivity contribution in [3.8, 4) is 5.75 Å². The Hall–Kier alpha value is -12.6. The molecule has 0 saturated carbocycles. The maximum Gasteiger partial charge on any atom is 0.246 e. The maximum atomic E-state index is 15.7. The van der Waals surface area contributed by atoms with Gasteiger partial charge in [0.25, 0.3) is 0 Å². The number of aromatic hydroxyl groups is 1. The van der Waals surface area contributed by atoms with Gasteiger partial charge in [-0.25, -0.2) is 0 Å². The molecule has 5 heterocycles. The van der Waals surface area contributed by atoms with Crippen molar-refractivity contribution in [1.82, 2.24) is 93.0 Å². The van der Waals surface area contributed by atoms with Crippen LogP contribution >= 0.6 is 23.5 Å². The van der Waals surface area contributed by atoms with Gasteiger partial charge in [-0.3, -0.25) is 86.9 Å². The molecule has 0 aliphatic carbocycles. The Bertz CT molecular complexity index is 4920. The second-order valence-corrected chi connectivity index (χ2v) is 35.3. The number of carbonyl (C=O) groups excluding carboxylic acids is 17. The van der Waals surface area contributed by atoms with Crippen molar-refractivity contribution in [1.29, 1.82) is 5.41 Å². The van der Waals surface area contributed by atoms with Crippen LogP contribution in [0.2, 0.25) is 0 Å². The van der Waals surface area contributed by atoms with Crippen molar-refractivity contribution in [2.45, 2.75) is 209 Å². The lowest BCUT2D eigenvalue weighted by molar-refractivity contribution is -0.149. The quantitative estimate of drug-likeness (QED) is 0.0155. The molecule has 3 fully saturated rings. The number of primary amides is 2. The Kier molecular flexibility index (Phi) is 39.6. The summed E-state index contributed by atoms with van der Waals surface area (Å²) in [4.78, 5) is 260. The Morgan fingerprint density at radius 2 is 1.03 bits per heavy atom. The number of thioether (sulfide) groups is 2. The SMILES string of the molecule is CCCC[C@H]1C(=O)N[C@@H](CCCNC(=N)N)C(=O)NC(C(=O)NCC(N)=O)CSCC(=O)N[C@@H](Cc2ccc(O)cc2)C(=O)N(C)[C@@H](C)C(=O)N[C@@H](CC(N)=O)C(=O)N2CCC[C@H]2C(=O)N[C@@H](CO)C(=O)N[C@@H](CC(C)C)C(=O)N2CCCC2C(=O)N[C@@H](Cc2c[nH]c3ccccc23)C(=O)N[C@@H](CO)C(=O)N[C@@H](Cc2c[nH]c3ccccc23)C(=O)N(C)[C@@H](CCSC)C(=O)N1C. The number of unbranched alkanes of at least 4 members (excludes halogenated alkanes) is 1. The number of para-hydroxylation sites is 2. The summed E-state index contributed by atoms with van der Waals surface area (Å²) >= 11 is 2.09. The van der Waals surface area contributed by atoms with Gasteiger partial charge in [0.15, 0.2) is 5.96 Å². The van der Waals surface area contributed by atoms with Gasteiger partial charge in [-0.15, -0.1) is 11.8 Å². The summed E-state index contributed by atoms with van der Waals surface area (Å²) < 4.78 is 0. The normalized spacial score (nSPS) is 24.6. The van der Waals surface area contributed by atoms with E-state index in [1.807, 2.05) is 6.92 Å². The number of nitrogens with one attached hydrogen (secondary N) is 14. The summed E-state index contributed by atoms with van der Waals surface area (Å²) in [5, 5.41) is 70.0. The number of aliphatic hydroxyl groups excluding tert-OH is 2. The molecule has 2 unspecified atom stereocenters. The van der Waals surface area contributed by atoms with E-state index in [4.69, 9.17) is 22.6 Å². The summed E-state index contributed by atoms with van der Waals surface area (Å²) in [5.74, 6) is -17.7. The van der Waals surface area contributed by atoms with Crippen molar-refractivity contribution in [2.24, 2.45) is 23.1 Å². The molecule has 2 aromatic heterocycles. The van der Waals surface area contributed by atoms with E-state index < -0.39 is 229 Å². The minimum absolute atomic E-state index is 0.0124. The Labute approximate surface area is 766 Å². The Morgan fingerprint density at radius 1 is 0.534 bits per heavy atom. The number of rotatable bonds is 25. The lowest BCUT2D eigenvalue weighted by Crippen LogP contribution is -2.62. The summed E-state index contributed by atoms with van der Waals surface area (Å²) in [6, 6.07) is -1.97. The van der Waals surface area contributed by atoms with Crippen LogP contribution in [-0.2, 0) is 101 Å². The van der Waals surface area contributed by atoms with E-state index in [0.717, 1.165) is 31.4 Å². The number of benzene rings is 3. The number of guanidine groups is 1. The van der Waals surface area contributed by atoms with E-state index >= 15 is 33.6 Å². The fourth-order valence-corrected chi connectivity index (χ4v) is 17.3. The number of phenols is 1. The van der Waals surface area contributed by atoms with Gasteiger partial charge in [0.2, 0.25) is 100 Å². The molecule has 8 rings (SSSR count). The first-order valence-corrected chi connectivity index (χ1v) is 46.2. The standard InChI is InChI=1S/C87H124N22O20S2/c1-9-10-23-66-79(122)97-57(22-15-31-92-87(90)91)75(118)104-65(74(117)95-42-71(89)114)45-131-46-72(115)96-60(36-49-26-28-52(112)29-27-49)82(125)105(5)48(4)73(116)99-62(39-70(88)113)85(128)109-33-17-25-68(109)81(124)103-64(44-111)78(121)100-59(35-47(2)3)84(127)108-32-16-24-67(108)80(123)98-58(37-50-40-93-55-20-13-11-18-53(50)55)76(119)102-63(43-110)77(120)101-61(38-51-41-94-56-21-14-12-19-54(51)56)83(126)107(7)69(30-34-130-8)86(129)106(66)6/h11-14,18-21,26-29,40-41,47-48,57-69,93-94,110-112H,9-10,15-17,22-25,30-39,42-46H2,1-8H3,(H2,88,113)(H2,89,114)(H,95,117)(H,96,115)(H,97,122)(H,98,123)(H,99,116)(H,100,121)(H,101,120)(H,102,119)(H,103,124)(H,104,118)(H4,90,91,92)/t48-,57-,58-,59-,60-,61-,62-,63-,64-,65?,66-,67?,68-,69-/m0/s1. The third kappa shape index (κ3) is 29.2. The van der Waals surface area contributed by atoms with Gasteiger partial charge >= 0.3 is 0 Å². The minimum atomic E-state index is -1.86. The van der Waals surface area contributed by atoms with E-state index in [0.29, 0.717) is 51.3 Å². The lowest BCUT2D eigenvalue weighted by Gasteiger charge is -2.36. The number of amides is 17. The Balaban J connectivity index is 1.18. The minimum Gasteiger partial charge on any atom is -0.508 e. The molecular formula is C87H124N22O20S2. The topological polar surface area (TPSA) is 633 Å². The number of phenolic OH excluding ortho intramolecular Hbond substituents is 1. The zero-order valence-electron chi connectivity index (χ0n) is 74.8. The molecule has 3 aromatic carbocycles. The number of likely N-dealkylation sites (N-methyl/N-ethyl adjacent to an activating group) is 3. The molecule has 3 saturated heterocycles. The van der Waals surface area contributed by atoms with E-state index in [-0.39, 0.29) is 114 Å². The second kappa shape index (κ2) is 50.0. The van der Waals surface area contributed by atoms with Gasteiger partial charge in [0, 0.05) is 100.0 Å². The van der Waals surface area contributed by atoms with Crippen LogP contribution in [0, 0.1) is 11.3 Å². The smallest absolute Gasteiger partial charge is 0.246 e. The summed E-state index contributed by atoms with van der Waals surface area (Å²) in [5.41, 5.74) is 19.4. The number of aromatic nitrogens is 2. The molecule has 3 aliphatic rings. The molecule has 5 aromatic rings. The summed E-state index contributed by atoms with van der Waals surface area (Å²) in [7, 11) is 3.89. The average Bonchev–Trinajstić information content (AvgIpc) is 1.81. The van der Waals surface area contributed by atoms with Gasteiger partial charge in [-0.05, 0) is 124 Å². The third-order valence-electron chi connectivity index (χ3n) is 23.3. The first-order valence-electron chi connectivity index (χ1n) is 43.6. The first-order chi connectivity index (χ1) is 62.4. The van der Waals surface area contributed by atoms with Crippen LogP contribution in [-0.4, -0.2) is 325 Å². The molecule has 0 radical (unpaired) electrons. The number of fused-ring (bicyclic) bond motifs is 4. The number of carbonyl (C=O) groups is 17. The largest absolute Gasteiger partial charge is 0.508 e. The predicted molar refractivity (Wildman–Crippen MR) is 487 cm³/mol. The van der Waals surface area contributed by atoms with Crippen LogP contribution in [0.3, 0.4) is 0 Å². The number of hydrogen-bond donors (Lipinski definition) is 20. The number of nitrogens with two attached hydrogens (primary N) is 3. The van der Waals surface area contributed by atoms with Crippen LogP contribution in [0.15, 0.2) is 85.2 Å². The Morgan fingerprint density at radius 3 is 1.58 bits per heavy atom. The molecule has 131 heavy (non-hydrogen) atoms. The summed E-state index contributed by atoms with van der Waals surface area (Å²) in [6.07, 6.45) is 4.36. The van der Waals surface area contributed by atoms with Crippen LogP contribution in [0.25, 0.3) is 21.8 Å². The van der Waals surface area contributed by atoms with Crippen LogP contribution in [0.5, 0.6) is 5.75 Å². The van der Waals surface area contributed by atoms with Gasteiger partial charge < -0.3 is 125 Å². The fourth-order valence-electron chi connectivity index (χ4n) is 16.0. The highest BCUT2D eigenvalue weighted by atomic mass is 32.2. The van der Waals surface area contributed by atoms with Crippen LogP contribution in [0.1, 0.15) is 121 Å². The highest BCUT2D eigenvalue weighted by Gasteiger charge is 2.45. The van der Waals surface area contributed by atoms with Crippen molar-refractivity contribution < 1.29 is 96.8 Å². The molecule has 17 amide bonds. The third-order valence-corrected chi connectivity index (χ3v) is 24.9. The first kappa shape index (κ1) is 104. The van der Waals surface area contributed by atoms with Crippen molar-refractivity contribution in [3.05, 3.63) is 102 Å². The highest BCUT2D eigenvalue weighted by molar-refractivity contribution is 8.00. The molecule has 23 N–H and O–H groups in total. The fraction of sp³-hybridized carbons (Fsp3) is 0.540. The van der Waals surface area contributed by atoms with Gasteiger partial charge in [0.05, 0.1) is 31.9 Å². The number of aromatic amines is 2. The van der Waals surface area contributed by atoms with Crippen LogP contribution < -0.4 is 75.7 Å². The number of H-pyrrole nitrogens is 2. The molecule has 44 heteroatoms. The number of hydrogen-bond acceptors (Lipinski definition) is 23. The van der Waals surface area contributed by atoms with E-state index in [1.54, 1.807) is 81.0 Å². The molecule has 42 nitrogen and oxygen atoms in total. The zero-order chi connectivity index (χ0) is 96.0. The molecule has 0 spiro atoms. The highest BCUT2D eigenvalue weighted by Crippen LogP contribution is 2.28. The zero-order valence-corrected chi connectivity index (χ0v) is 76.4. The van der Waals surface area contributed by atoms with E-state index in [1.165, 1.54) is 69.0 Å². The van der Waals surface area contributed by atoms with Crippen molar-refractivity contribution >= 4 is 152 Å². The van der Waals surface area contributed by atoms with Crippen molar-refractivity contribution in [3.63, 3.8) is 0 Å². The van der Waals surface area contributed by atoms with Crippen LogP contribution in [0.4, 0.5) is 0 Å². The maximum absolute atomic E-state index is 15.7. The second-order valence-electron chi connectivity index (χ2n) is 33.3. The lowest BCUT2D eigenvalue weighted by atomic mass is 10.0. The van der Waals surface area contributed by atoms with E-state index in [9.17, 15) is 63.3 Å². The predicted octanol–water partition coefficient (Wildman–Crippen LogP) is -3.31. The van der Waals surface area contributed by atoms with Gasteiger partial charge in [0.1, 0.15) is 90.3 Å². The molecular weight excluding hydrogens is 1740 g/mol. The van der Waals surface area contributed by atoms with Gasteiger partial charge in [-0.1, -0.05) is 82.1 Å². The average molecular weight is 1860 g/mol. The number of aliphatic hydroxyl groups is 2. The van der Waals surface area contributed by atoms with Crippen molar-refractivity contribution in [2.75, 3.05) is 84.1 Å². The summed E-state index contributed by atoms with van der Waals surface area (Å²) in [6.45, 7) is 3.57. The van der Waals surface area contributed by atoms with Gasteiger partial charge in [-0.2, -0.15) is 11.8 Å².